The number of hydrogen-bond acceptors (Lipinski definition) is 3. The molecule has 1 fully saturated rings. The van der Waals surface area contributed by atoms with Crippen LogP contribution >= 0.6 is 0 Å². The Kier molecular flexibility index (Phi) is 3.66. The van der Waals surface area contributed by atoms with Gasteiger partial charge >= 0.3 is 0 Å². The first-order chi connectivity index (χ1) is 7.66. The molecule has 1 aliphatic heterocycles. The number of nitrogens with one attached hydrogen (secondary N) is 1. The van der Waals surface area contributed by atoms with E-state index in [0.717, 1.165) is 0 Å². The highest BCUT2D eigenvalue weighted by atomic mass is 16.3. The lowest BCUT2D eigenvalue weighted by Gasteiger charge is -2.36. The van der Waals surface area contributed by atoms with Crippen molar-refractivity contribution in [1.82, 2.24) is 10.2 Å². The Morgan fingerprint density at radius 1 is 1.56 bits per heavy atom. The molecule has 3 nitrogen and oxygen atoms in total. The second-order valence-corrected chi connectivity index (χ2v) is 5.08. The maximum Gasteiger partial charge on any atom is 0.0950 e. The van der Waals surface area contributed by atoms with Crippen LogP contribution in [0.1, 0.15) is 31.9 Å². The zero-order valence-electron chi connectivity index (χ0n) is 10.4. The van der Waals surface area contributed by atoms with Gasteiger partial charge in [0, 0.05) is 24.2 Å². The Labute approximate surface area is 97.8 Å². The summed E-state index contributed by atoms with van der Waals surface area (Å²) >= 11 is 0. The molecule has 3 unspecified atom stereocenters. The smallest absolute Gasteiger partial charge is 0.0950 e. The Morgan fingerprint density at radius 3 is 3.00 bits per heavy atom. The largest absolute Gasteiger partial charge is 0.472 e. The Balaban J connectivity index is 1.89. The zero-order valence-corrected chi connectivity index (χ0v) is 10.4. The maximum absolute atomic E-state index is 5.12. The van der Waals surface area contributed by atoms with Crippen molar-refractivity contribution in [2.24, 2.45) is 5.92 Å². The van der Waals surface area contributed by atoms with Crippen LogP contribution in [0.3, 0.4) is 0 Å². The number of rotatable bonds is 3. The van der Waals surface area contributed by atoms with Gasteiger partial charge in [0.25, 0.3) is 0 Å². The van der Waals surface area contributed by atoms with Crippen molar-refractivity contribution in [3.05, 3.63) is 24.2 Å². The lowest BCUT2D eigenvalue weighted by atomic mass is 9.93. The van der Waals surface area contributed by atoms with Gasteiger partial charge in [-0.3, -0.25) is 0 Å². The van der Waals surface area contributed by atoms with E-state index < -0.39 is 0 Å². The van der Waals surface area contributed by atoms with Crippen molar-refractivity contribution in [3.63, 3.8) is 0 Å². The molecule has 0 radical (unpaired) electrons. The van der Waals surface area contributed by atoms with Crippen LogP contribution in [0.4, 0.5) is 0 Å². The predicted octanol–water partition coefficient (Wildman–Crippen LogP) is 2.27. The van der Waals surface area contributed by atoms with Crippen molar-refractivity contribution in [1.29, 1.82) is 0 Å². The first kappa shape index (κ1) is 11.7. The molecule has 0 spiro atoms. The Hall–Kier alpha value is -0.800. The standard InChI is InChI=1S/C13H22N2O/c1-10-8-15(3)6-4-13(10)14-11(2)12-5-7-16-9-12/h5,7,9-11,13-14H,4,6,8H2,1-3H3. The number of furan rings is 1. The lowest BCUT2D eigenvalue weighted by Crippen LogP contribution is -2.47. The van der Waals surface area contributed by atoms with Crippen LogP contribution in [0.5, 0.6) is 0 Å². The second kappa shape index (κ2) is 5.02. The normalized spacial score (nSPS) is 29.2. The van der Waals surface area contributed by atoms with Gasteiger partial charge in [-0.05, 0) is 38.9 Å². The molecule has 1 saturated heterocycles. The molecular weight excluding hydrogens is 200 g/mol. The van der Waals surface area contributed by atoms with Crippen molar-refractivity contribution >= 4 is 0 Å². The van der Waals surface area contributed by atoms with Gasteiger partial charge in [0.2, 0.25) is 0 Å². The molecule has 16 heavy (non-hydrogen) atoms. The summed E-state index contributed by atoms with van der Waals surface area (Å²) in [6.07, 6.45) is 4.81. The molecule has 1 aromatic rings. The average Bonchev–Trinajstić information content (AvgIpc) is 2.75. The highest BCUT2D eigenvalue weighted by Crippen LogP contribution is 2.20. The summed E-state index contributed by atoms with van der Waals surface area (Å²) in [6.45, 7) is 6.92. The molecular formula is C13H22N2O. The van der Waals surface area contributed by atoms with E-state index in [1.807, 2.05) is 12.3 Å². The molecule has 2 rings (SSSR count). The molecule has 1 N–H and O–H groups in total. The van der Waals surface area contributed by atoms with Crippen molar-refractivity contribution in [2.75, 3.05) is 20.1 Å². The van der Waals surface area contributed by atoms with Crippen molar-refractivity contribution in [2.45, 2.75) is 32.4 Å². The van der Waals surface area contributed by atoms with Crippen LogP contribution in [0.2, 0.25) is 0 Å². The van der Waals surface area contributed by atoms with E-state index in [0.29, 0.717) is 18.0 Å². The highest BCUT2D eigenvalue weighted by molar-refractivity contribution is 5.10. The fourth-order valence-corrected chi connectivity index (χ4v) is 2.54. The van der Waals surface area contributed by atoms with Crippen molar-refractivity contribution < 1.29 is 4.42 Å². The fourth-order valence-electron chi connectivity index (χ4n) is 2.54. The molecule has 2 heterocycles. The summed E-state index contributed by atoms with van der Waals surface area (Å²) in [4.78, 5) is 2.41. The van der Waals surface area contributed by atoms with E-state index in [1.54, 1.807) is 6.26 Å². The summed E-state index contributed by atoms with van der Waals surface area (Å²) < 4.78 is 5.12. The lowest BCUT2D eigenvalue weighted by molar-refractivity contribution is 0.168. The second-order valence-electron chi connectivity index (χ2n) is 5.08. The van der Waals surface area contributed by atoms with Gasteiger partial charge in [-0.25, -0.2) is 0 Å². The van der Waals surface area contributed by atoms with Crippen LogP contribution < -0.4 is 5.32 Å². The highest BCUT2D eigenvalue weighted by Gasteiger charge is 2.25. The summed E-state index contributed by atoms with van der Waals surface area (Å²) in [5, 5.41) is 3.70. The minimum atomic E-state index is 0.384. The molecule has 1 aliphatic rings. The predicted molar refractivity (Wildman–Crippen MR) is 65.3 cm³/mol. The molecule has 0 saturated carbocycles. The van der Waals surface area contributed by atoms with Gasteiger partial charge in [-0.15, -0.1) is 0 Å². The van der Waals surface area contributed by atoms with E-state index in [-0.39, 0.29) is 0 Å². The Bertz CT molecular complexity index is 310. The summed E-state index contributed by atoms with van der Waals surface area (Å²) in [6, 6.07) is 3.05. The number of nitrogens with zero attached hydrogens (tertiary/aromatic N) is 1. The number of likely N-dealkylation sites (tertiary alicyclic amines) is 1. The Morgan fingerprint density at radius 2 is 2.38 bits per heavy atom. The number of hydrogen-bond donors (Lipinski definition) is 1. The molecule has 0 aliphatic carbocycles. The van der Waals surface area contributed by atoms with Crippen LogP contribution in [-0.2, 0) is 0 Å². The molecule has 1 aromatic heterocycles. The molecule has 0 bridgehead atoms. The van der Waals surface area contributed by atoms with E-state index in [4.69, 9.17) is 4.42 Å². The molecule has 3 atom stereocenters. The van der Waals surface area contributed by atoms with Gasteiger partial charge in [0.15, 0.2) is 0 Å². The quantitative estimate of drug-likeness (QED) is 0.850. The monoisotopic (exact) mass is 222 g/mol. The topological polar surface area (TPSA) is 28.4 Å². The van der Waals surface area contributed by atoms with Crippen LogP contribution in [0.25, 0.3) is 0 Å². The SMILES string of the molecule is CC(NC1CCN(C)CC1C)c1ccoc1. The minimum Gasteiger partial charge on any atom is -0.472 e. The average molecular weight is 222 g/mol. The van der Waals surface area contributed by atoms with E-state index in [9.17, 15) is 0 Å². The van der Waals surface area contributed by atoms with Gasteiger partial charge in [0.1, 0.15) is 0 Å². The van der Waals surface area contributed by atoms with Gasteiger partial charge < -0.3 is 14.6 Å². The van der Waals surface area contributed by atoms with Crippen LogP contribution in [-0.4, -0.2) is 31.1 Å². The van der Waals surface area contributed by atoms with E-state index in [2.05, 4.69) is 31.1 Å². The summed E-state index contributed by atoms with van der Waals surface area (Å²) in [5.74, 6) is 0.716. The number of piperidine rings is 1. The fraction of sp³-hybridized carbons (Fsp3) is 0.692. The molecule has 3 heteroatoms. The third-order valence-corrected chi connectivity index (χ3v) is 3.62. The molecule has 90 valence electrons. The molecule has 0 amide bonds. The van der Waals surface area contributed by atoms with E-state index >= 15 is 0 Å². The van der Waals surface area contributed by atoms with Crippen molar-refractivity contribution in [3.8, 4) is 0 Å². The third kappa shape index (κ3) is 2.66. The van der Waals surface area contributed by atoms with Gasteiger partial charge in [-0.1, -0.05) is 6.92 Å². The van der Waals surface area contributed by atoms with Gasteiger partial charge in [-0.2, -0.15) is 0 Å². The first-order valence-corrected chi connectivity index (χ1v) is 6.13. The van der Waals surface area contributed by atoms with E-state index in [1.165, 1.54) is 25.1 Å². The first-order valence-electron chi connectivity index (χ1n) is 6.13. The zero-order chi connectivity index (χ0) is 11.5. The minimum absolute atomic E-state index is 0.384. The summed E-state index contributed by atoms with van der Waals surface area (Å²) in [7, 11) is 2.20. The maximum atomic E-state index is 5.12. The van der Waals surface area contributed by atoms with Crippen LogP contribution in [0.15, 0.2) is 23.0 Å². The van der Waals surface area contributed by atoms with Crippen LogP contribution in [0, 0.1) is 5.92 Å². The summed E-state index contributed by atoms with van der Waals surface area (Å²) in [5.41, 5.74) is 1.24. The molecule has 0 aromatic carbocycles. The third-order valence-electron chi connectivity index (χ3n) is 3.62. The van der Waals surface area contributed by atoms with Gasteiger partial charge in [0.05, 0.1) is 12.5 Å².